The maximum absolute atomic E-state index is 13.1. The molecule has 0 atom stereocenters. The normalized spacial score (nSPS) is 10.2. The molecule has 0 fully saturated rings. The summed E-state index contributed by atoms with van der Waals surface area (Å²) in [6, 6.07) is 9.59. The minimum Gasteiger partial charge on any atom is -0.462 e. The van der Waals surface area contributed by atoms with Crippen LogP contribution in [-0.2, 0) is 4.74 Å². The first kappa shape index (κ1) is 18.8. The van der Waals surface area contributed by atoms with Gasteiger partial charge in [-0.1, -0.05) is 13.3 Å². The lowest BCUT2D eigenvalue weighted by Crippen LogP contribution is -2.19. The van der Waals surface area contributed by atoms with E-state index in [1.165, 1.54) is 0 Å². The van der Waals surface area contributed by atoms with E-state index in [9.17, 15) is 13.6 Å². The van der Waals surface area contributed by atoms with E-state index in [1.807, 2.05) is 6.92 Å². The largest absolute Gasteiger partial charge is 0.462 e. The lowest BCUT2D eigenvalue weighted by molar-refractivity contribution is 0.0500. The van der Waals surface area contributed by atoms with Crippen molar-refractivity contribution in [1.29, 1.82) is 0 Å². The first-order valence-electron chi connectivity index (χ1n) is 7.79. The number of benzene rings is 2. The second-order valence-electron chi connectivity index (χ2n) is 5.30. The van der Waals surface area contributed by atoms with Gasteiger partial charge in [0.15, 0.2) is 5.11 Å². The van der Waals surface area contributed by atoms with Crippen LogP contribution >= 0.6 is 12.2 Å². The minimum atomic E-state index is -0.698. The van der Waals surface area contributed by atoms with Crippen LogP contribution < -0.4 is 10.6 Å². The minimum absolute atomic E-state index is 0.170. The number of nitrogens with one attached hydrogen (secondary N) is 2. The highest BCUT2D eigenvalue weighted by Crippen LogP contribution is 2.15. The van der Waals surface area contributed by atoms with Crippen LogP contribution in [0.25, 0.3) is 0 Å². The summed E-state index contributed by atoms with van der Waals surface area (Å²) in [4.78, 5) is 11.8. The molecule has 0 bridgehead atoms. The molecule has 2 aromatic rings. The van der Waals surface area contributed by atoms with Crippen LogP contribution in [0.1, 0.15) is 30.1 Å². The van der Waals surface area contributed by atoms with Crippen LogP contribution in [0.2, 0.25) is 0 Å². The van der Waals surface area contributed by atoms with Gasteiger partial charge in [-0.05, 0) is 55.0 Å². The van der Waals surface area contributed by atoms with Crippen molar-refractivity contribution < 1.29 is 18.3 Å². The van der Waals surface area contributed by atoms with E-state index in [2.05, 4.69) is 10.6 Å². The van der Waals surface area contributed by atoms with Gasteiger partial charge in [0.2, 0.25) is 0 Å². The van der Waals surface area contributed by atoms with Gasteiger partial charge in [-0.2, -0.15) is 0 Å². The van der Waals surface area contributed by atoms with Gasteiger partial charge >= 0.3 is 5.97 Å². The highest BCUT2D eigenvalue weighted by Gasteiger charge is 2.07. The van der Waals surface area contributed by atoms with E-state index in [0.717, 1.165) is 31.0 Å². The third kappa shape index (κ3) is 6.11. The zero-order valence-electron chi connectivity index (χ0n) is 13.6. The van der Waals surface area contributed by atoms with Crippen LogP contribution in [0.15, 0.2) is 42.5 Å². The van der Waals surface area contributed by atoms with Gasteiger partial charge in [-0.15, -0.1) is 0 Å². The summed E-state index contributed by atoms with van der Waals surface area (Å²) in [5.74, 6) is -1.77. The zero-order valence-corrected chi connectivity index (χ0v) is 14.5. The predicted molar refractivity (Wildman–Crippen MR) is 97.8 cm³/mol. The standard InChI is InChI=1S/C18H18F2N2O2S/c1-2-3-8-24-17(23)12-4-6-15(7-5-12)21-18(25)22-16-10-13(19)9-14(20)11-16/h4-7,9-11H,2-3,8H2,1H3,(H2,21,22,25). The van der Waals surface area contributed by atoms with E-state index >= 15 is 0 Å². The number of ether oxygens (including phenoxy) is 1. The molecule has 0 aliphatic heterocycles. The average molecular weight is 364 g/mol. The first-order valence-corrected chi connectivity index (χ1v) is 8.20. The van der Waals surface area contributed by atoms with Crippen molar-refractivity contribution in [3.05, 3.63) is 59.7 Å². The number of anilines is 2. The van der Waals surface area contributed by atoms with Gasteiger partial charge in [-0.3, -0.25) is 0 Å². The molecule has 0 spiro atoms. The van der Waals surface area contributed by atoms with Crippen LogP contribution in [0.3, 0.4) is 0 Å². The van der Waals surface area contributed by atoms with Crippen molar-refractivity contribution in [3.8, 4) is 0 Å². The van der Waals surface area contributed by atoms with Crippen molar-refractivity contribution in [1.82, 2.24) is 0 Å². The average Bonchev–Trinajstić information content (AvgIpc) is 2.54. The lowest BCUT2D eigenvalue weighted by Gasteiger charge is -2.11. The summed E-state index contributed by atoms with van der Waals surface area (Å²) in [6.07, 6.45) is 1.78. The number of hydrogen-bond donors (Lipinski definition) is 2. The Kier molecular flexibility index (Phi) is 6.82. The molecular formula is C18H18F2N2O2S. The Morgan fingerprint density at radius 1 is 1.04 bits per heavy atom. The van der Waals surface area contributed by atoms with E-state index in [4.69, 9.17) is 17.0 Å². The Bertz CT molecular complexity index is 731. The number of unbranched alkanes of at least 4 members (excludes halogenated alkanes) is 1. The van der Waals surface area contributed by atoms with Crippen molar-refractivity contribution in [2.75, 3.05) is 17.2 Å². The molecule has 2 N–H and O–H groups in total. The van der Waals surface area contributed by atoms with Crippen LogP contribution in [-0.4, -0.2) is 17.7 Å². The van der Waals surface area contributed by atoms with E-state index in [-0.39, 0.29) is 16.8 Å². The molecule has 2 aromatic carbocycles. The zero-order chi connectivity index (χ0) is 18.2. The SMILES string of the molecule is CCCCOC(=O)c1ccc(NC(=S)Nc2cc(F)cc(F)c2)cc1. The third-order valence-corrected chi connectivity index (χ3v) is 3.43. The fourth-order valence-electron chi connectivity index (χ4n) is 2.00. The molecule has 0 unspecified atom stereocenters. The molecule has 25 heavy (non-hydrogen) atoms. The molecule has 0 aliphatic carbocycles. The molecule has 7 heteroatoms. The van der Waals surface area contributed by atoms with Crippen LogP contribution in [0.4, 0.5) is 20.2 Å². The van der Waals surface area contributed by atoms with Gasteiger partial charge in [0, 0.05) is 17.4 Å². The highest BCUT2D eigenvalue weighted by atomic mass is 32.1. The molecule has 0 saturated carbocycles. The summed E-state index contributed by atoms with van der Waals surface area (Å²) in [7, 11) is 0. The molecular weight excluding hydrogens is 346 g/mol. The van der Waals surface area contributed by atoms with E-state index < -0.39 is 11.6 Å². The molecule has 0 radical (unpaired) electrons. The maximum atomic E-state index is 13.1. The molecule has 2 rings (SSSR count). The molecule has 0 aromatic heterocycles. The van der Waals surface area contributed by atoms with Gasteiger partial charge in [0.05, 0.1) is 12.2 Å². The Morgan fingerprint density at radius 3 is 2.24 bits per heavy atom. The third-order valence-electron chi connectivity index (χ3n) is 3.23. The topological polar surface area (TPSA) is 50.4 Å². The maximum Gasteiger partial charge on any atom is 0.338 e. The molecule has 4 nitrogen and oxygen atoms in total. The number of carbonyl (C=O) groups is 1. The summed E-state index contributed by atoms with van der Waals surface area (Å²) in [5, 5.41) is 5.73. The smallest absolute Gasteiger partial charge is 0.338 e. The Labute approximate surface area is 150 Å². The number of hydrogen-bond acceptors (Lipinski definition) is 3. The van der Waals surface area contributed by atoms with E-state index in [0.29, 0.717) is 17.9 Å². The number of carbonyl (C=O) groups excluding carboxylic acids is 1. The molecule has 0 amide bonds. The predicted octanol–water partition coefficient (Wildman–Crippen LogP) is 4.73. The fraction of sp³-hybridized carbons (Fsp3) is 0.222. The lowest BCUT2D eigenvalue weighted by atomic mass is 10.2. The fourth-order valence-corrected chi connectivity index (χ4v) is 2.24. The van der Waals surface area contributed by atoms with E-state index in [1.54, 1.807) is 24.3 Å². The van der Waals surface area contributed by atoms with Crippen molar-refractivity contribution in [2.45, 2.75) is 19.8 Å². The summed E-state index contributed by atoms with van der Waals surface area (Å²) in [6.45, 7) is 2.41. The number of halogens is 2. The Hall–Kier alpha value is -2.54. The summed E-state index contributed by atoms with van der Waals surface area (Å²) in [5.41, 5.74) is 1.26. The first-order chi connectivity index (χ1) is 12.0. The van der Waals surface area contributed by atoms with Gasteiger partial charge in [0.25, 0.3) is 0 Å². The van der Waals surface area contributed by atoms with Gasteiger partial charge in [-0.25, -0.2) is 13.6 Å². The van der Waals surface area contributed by atoms with Gasteiger partial charge < -0.3 is 15.4 Å². The monoisotopic (exact) mass is 364 g/mol. The van der Waals surface area contributed by atoms with Gasteiger partial charge in [0.1, 0.15) is 11.6 Å². The summed E-state index contributed by atoms with van der Waals surface area (Å²) < 4.78 is 31.4. The van der Waals surface area contributed by atoms with Crippen LogP contribution in [0, 0.1) is 11.6 Å². The number of thiocarbonyl (C=S) groups is 1. The molecule has 132 valence electrons. The van der Waals surface area contributed by atoms with Crippen molar-refractivity contribution in [3.63, 3.8) is 0 Å². The van der Waals surface area contributed by atoms with Crippen molar-refractivity contribution in [2.24, 2.45) is 0 Å². The molecule has 0 saturated heterocycles. The Balaban J connectivity index is 1.91. The second kappa shape index (κ2) is 9.08. The van der Waals surface area contributed by atoms with Crippen LogP contribution in [0.5, 0.6) is 0 Å². The molecule has 0 aliphatic rings. The quantitative estimate of drug-likeness (QED) is 0.441. The number of esters is 1. The number of rotatable bonds is 6. The highest BCUT2D eigenvalue weighted by molar-refractivity contribution is 7.80. The van der Waals surface area contributed by atoms with Crippen molar-refractivity contribution >= 4 is 34.7 Å². The second-order valence-corrected chi connectivity index (χ2v) is 5.71. The Morgan fingerprint density at radius 2 is 1.64 bits per heavy atom. The molecule has 0 heterocycles. The summed E-state index contributed by atoms with van der Waals surface area (Å²) >= 11 is 5.10.